The fraction of sp³-hybridized carbons (Fsp3) is 0.500. The Morgan fingerprint density at radius 3 is 2.42 bits per heavy atom. The van der Waals surface area contributed by atoms with E-state index in [1.807, 2.05) is 0 Å². The number of fused-ring (bicyclic) bond motifs is 3. The normalized spacial score (nSPS) is 31.0. The maximum absolute atomic E-state index is 12.9. The van der Waals surface area contributed by atoms with Crippen LogP contribution < -0.4 is 23.7 Å². The molecule has 0 bridgehead atoms. The molecule has 6 rings (SSSR count). The van der Waals surface area contributed by atoms with Crippen LogP contribution in [0, 0.1) is 11.8 Å². The van der Waals surface area contributed by atoms with Crippen molar-refractivity contribution in [2.75, 3.05) is 34.2 Å². The minimum atomic E-state index is -1.42. The molecule has 0 aromatic heterocycles. The summed E-state index contributed by atoms with van der Waals surface area (Å²) in [6.07, 6.45) is -4.64. The number of aromatic hydroxyl groups is 1. The summed E-state index contributed by atoms with van der Waals surface area (Å²) in [6.45, 7) is -0.287. The topological polar surface area (TPSA) is 163 Å². The summed E-state index contributed by atoms with van der Waals surface area (Å²) >= 11 is 0. The van der Waals surface area contributed by atoms with Gasteiger partial charge in [-0.25, -0.2) is 0 Å². The lowest BCUT2D eigenvalue weighted by Crippen LogP contribution is -2.35. The number of aliphatic hydroxyl groups excluding tert-OH is 3. The van der Waals surface area contributed by atoms with Crippen LogP contribution in [0.25, 0.3) is 0 Å². The number of hydrogen-bond acceptors (Lipinski definition) is 12. The molecule has 0 spiro atoms. The first kappa shape index (κ1) is 24.9. The first-order valence-electron chi connectivity index (χ1n) is 12.2. The molecule has 3 aliphatic heterocycles. The second kappa shape index (κ2) is 9.38. The summed E-state index contributed by atoms with van der Waals surface area (Å²) in [5, 5.41) is 40.9. The predicted molar refractivity (Wildman–Crippen MR) is 126 cm³/mol. The minimum absolute atomic E-state index is 0.0129. The van der Waals surface area contributed by atoms with Gasteiger partial charge in [-0.3, -0.25) is 4.79 Å². The van der Waals surface area contributed by atoms with E-state index in [9.17, 15) is 25.2 Å². The lowest BCUT2D eigenvalue weighted by Gasteiger charge is -2.34. The van der Waals surface area contributed by atoms with E-state index in [-0.39, 0.29) is 54.0 Å². The van der Waals surface area contributed by atoms with E-state index in [1.165, 1.54) is 14.2 Å². The van der Waals surface area contributed by atoms with Crippen LogP contribution in [0.3, 0.4) is 0 Å². The molecule has 38 heavy (non-hydrogen) atoms. The average Bonchev–Trinajstić information content (AvgIpc) is 3.62. The predicted octanol–water partition coefficient (Wildman–Crippen LogP) is 0.433. The van der Waals surface area contributed by atoms with Gasteiger partial charge in [-0.1, -0.05) is 0 Å². The van der Waals surface area contributed by atoms with E-state index in [4.69, 9.17) is 33.2 Å². The number of cyclic esters (lactones) is 1. The quantitative estimate of drug-likeness (QED) is 0.380. The average molecular weight is 532 g/mol. The highest BCUT2D eigenvalue weighted by molar-refractivity contribution is 5.79. The highest BCUT2D eigenvalue weighted by Gasteiger charge is 2.50. The molecule has 12 nitrogen and oxygen atoms in total. The van der Waals surface area contributed by atoms with Crippen molar-refractivity contribution in [1.82, 2.24) is 0 Å². The lowest BCUT2D eigenvalue weighted by molar-refractivity contribution is -0.141. The number of phenols is 1. The Labute approximate surface area is 217 Å². The summed E-state index contributed by atoms with van der Waals surface area (Å²) in [6, 6.07) is 5.15. The maximum atomic E-state index is 12.9. The van der Waals surface area contributed by atoms with Crippen molar-refractivity contribution in [2.24, 2.45) is 11.8 Å². The van der Waals surface area contributed by atoms with Crippen LogP contribution in [0.1, 0.15) is 22.6 Å². The number of methoxy groups -OCH3 is 2. The Kier molecular flexibility index (Phi) is 6.14. The number of carbonyl (C=O) groups is 1. The summed E-state index contributed by atoms with van der Waals surface area (Å²) in [4.78, 5) is 12.9. The molecule has 0 radical (unpaired) electrons. The molecular formula is C26H28O12. The van der Waals surface area contributed by atoms with Crippen LogP contribution in [-0.4, -0.2) is 85.2 Å². The van der Waals surface area contributed by atoms with Gasteiger partial charge in [-0.05, 0) is 35.7 Å². The van der Waals surface area contributed by atoms with Gasteiger partial charge in [0.05, 0.1) is 33.4 Å². The molecule has 0 amide bonds. The third-order valence-corrected chi connectivity index (χ3v) is 7.73. The van der Waals surface area contributed by atoms with Crippen molar-refractivity contribution in [3.63, 3.8) is 0 Å². The molecule has 3 heterocycles. The van der Waals surface area contributed by atoms with Crippen LogP contribution in [0.5, 0.6) is 34.5 Å². The number of carbonyl (C=O) groups excluding carboxylic acids is 1. The van der Waals surface area contributed by atoms with E-state index in [0.717, 1.165) is 0 Å². The number of ether oxygens (including phenoxy) is 7. The van der Waals surface area contributed by atoms with E-state index < -0.39 is 43.0 Å². The molecule has 2 fully saturated rings. The molecule has 1 aliphatic carbocycles. The van der Waals surface area contributed by atoms with Gasteiger partial charge < -0.3 is 53.6 Å². The van der Waals surface area contributed by atoms with Crippen LogP contribution in [0.4, 0.5) is 0 Å². The minimum Gasteiger partial charge on any atom is -0.504 e. The molecule has 7 atom stereocenters. The Morgan fingerprint density at radius 1 is 1.03 bits per heavy atom. The molecule has 2 aromatic carbocycles. The number of esters is 1. The zero-order valence-corrected chi connectivity index (χ0v) is 20.7. The van der Waals surface area contributed by atoms with Crippen LogP contribution in [0.15, 0.2) is 18.2 Å². The van der Waals surface area contributed by atoms with Crippen LogP contribution in [0.2, 0.25) is 0 Å². The zero-order chi connectivity index (χ0) is 26.7. The fourth-order valence-corrected chi connectivity index (χ4v) is 5.87. The van der Waals surface area contributed by atoms with Gasteiger partial charge in [-0.2, -0.15) is 0 Å². The Bertz CT molecular complexity index is 1240. The van der Waals surface area contributed by atoms with Gasteiger partial charge in [0, 0.05) is 17.4 Å². The van der Waals surface area contributed by atoms with E-state index in [1.54, 1.807) is 18.2 Å². The van der Waals surface area contributed by atoms with Gasteiger partial charge in [0.2, 0.25) is 24.6 Å². The zero-order valence-electron chi connectivity index (χ0n) is 20.7. The summed E-state index contributed by atoms with van der Waals surface area (Å²) in [7, 11) is 2.85. The Balaban J connectivity index is 1.45. The lowest BCUT2D eigenvalue weighted by atomic mass is 9.67. The monoisotopic (exact) mass is 532 g/mol. The van der Waals surface area contributed by atoms with Gasteiger partial charge in [0.1, 0.15) is 18.3 Å². The highest BCUT2D eigenvalue weighted by Crippen LogP contribution is 2.56. The van der Waals surface area contributed by atoms with Gasteiger partial charge in [0.15, 0.2) is 23.0 Å². The third-order valence-electron chi connectivity index (χ3n) is 7.73. The van der Waals surface area contributed by atoms with Crippen LogP contribution >= 0.6 is 0 Å². The molecule has 2 saturated heterocycles. The van der Waals surface area contributed by atoms with E-state index >= 15 is 0 Å². The molecule has 4 aliphatic rings. The maximum Gasteiger partial charge on any atom is 0.310 e. The molecule has 204 valence electrons. The van der Waals surface area contributed by atoms with Gasteiger partial charge in [-0.15, -0.1) is 0 Å². The summed E-state index contributed by atoms with van der Waals surface area (Å²) in [5.74, 6) is -0.374. The van der Waals surface area contributed by atoms with Crippen molar-refractivity contribution in [3.8, 4) is 34.5 Å². The Morgan fingerprint density at radius 2 is 1.76 bits per heavy atom. The molecule has 12 heteroatoms. The molecule has 0 unspecified atom stereocenters. The van der Waals surface area contributed by atoms with Crippen molar-refractivity contribution in [3.05, 3.63) is 34.9 Å². The van der Waals surface area contributed by atoms with Crippen molar-refractivity contribution in [1.29, 1.82) is 0 Å². The number of benzene rings is 2. The number of aliphatic hydroxyl groups is 3. The van der Waals surface area contributed by atoms with Gasteiger partial charge in [0.25, 0.3) is 0 Å². The fourth-order valence-electron chi connectivity index (χ4n) is 5.87. The SMILES string of the molecule is COc1cc([C@H]2c3cc4c(c(O)c3C[C@@H]3COC(=O)[C@@H]32)OCO4)cc(OC)c1O[C@@H]1O[C@@H](CO)[C@H](O)[C@H]1O. The number of phenolic OH excluding ortho intramolecular Hbond substituents is 1. The molecule has 4 N–H and O–H groups in total. The number of rotatable bonds is 6. The van der Waals surface area contributed by atoms with E-state index in [2.05, 4.69) is 0 Å². The van der Waals surface area contributed by atoms with Gasteiger partial charge >= 0.3 is 5.97 Å². The first-order chi connectivity index (χ1) is 18.4. The molecule has 0 saturated carbocycles. The molecule has 2 aromatic rings. The number of hydrogen-bond donors (Lipinski definition) is 4. The molecular weight excluding hydrogens is 504 g/mol. The largest absolute Gasteiger partial charge is 0.504 e. The smallest absolute Gasteiger partial charge is 0.310 e. The van der Waals surface area contributed by atoms with Crippen LogP contribution in [-0.2, 0) is 20.7 Å². The summed E-state index contributed by atoms with van der Waals surface area (Å²) < 4.78 is 39.0. The van der Waals surface area contributed by atoms with Crippen molar-refractivity contribution >= 4 is 5.97 Å². The van der Waals surface area contributed by atoms with E-state index in [0.29, 0.717) is 28.9 Å². The highest BCUT2D eigenvalue weighted by atomic mass is 16.7. The Hall–Kier alpha value is -3.45. The third kappa shape index (κ3) is 3.70. The second-order valence-electron chi connectivity index (χ2n) is 9.70. The summed E-state index contributed by atoms with van der Waals surface area (Å²) in [5.41, 5.74) is 2.00. The second-order valence-corrected chi connectivity index (χ2v) is 9.70. The van der Waals surface area contributed by atoms with Crippen molar-refractivity contribution in [2.45, 2.75) is 36.9 Å². The first-order valence-corrected chi connectivity index (χ1v) is 12.2. The van der Waals surface area contributed by atoms with Crippen molar-refractivity contribution < 1.29 is 58.4 Å². The standard InChI is InChI=1S/C26H28O12/c1-32-14-4-10(5-15(33-2)23(14)38-26-22(30)21(29)17(7-27)37-26)18-12-6-16-24(36-9-35-16)20(28)13(12)3-11-8-34-25(31)19(11)18/h4-6,11,17-19,21-22,26-30H,3,7-9H2,1-2H3/t11-,17+,18+,19+,21+,22-,26+/m1/s1.